The number of amides is 3. The molecule has 43 heavy (non-hydrogen) atoms. The van der Waals surface area contributed by atoms with Crippen LogP contribution in [0.4, 0.5) is 4.79 Å². The van der Waals surface area contributed by atoms with Crippen LogP contribution in [-0.4, -0.2) is 88.8 Å². The molecule has 14 heteroatoms. The lowest BCUT2D eigenvalue weighted by molar-refractivity contribution is -0.145. The highest BCUT2D eigenvalue weighted by molar-refractivity contribution is 5.96. The lowest BCUT2D eigenvalue weighted by atomic mass is 10.0. The number of aromatic nitrogens is 5. The molecule has 0 bridgehead atoms. The molecule has 2 fully saturated rings. The molecule has 1 saturated carbocycles. The SMILES string of the molecule is CC(C)(C)OC(=O)N[C@H]1CCCCC/C=C\[C@@H]2C[C@]2(C(=O)O)NC(=O)[C@@H]2C[C@H](n3nnc(-c4ccccn4)n3)CN2C1=O. The zero-order valence-electron chi connectivity index (χ0n) is 24.6. The molecule has 3 N–H and O–H groups in total. The molecular formula is C29H38N8O6. The number of carboxylic acid groups (broad SMARTS) is 1. The molecule has 0 aromatic carbocycles. The van der Waals surface area contributed by atoms with Crippen LogP contribution in [0.1, 0.15) is 71.8 Å². The number of alkyl carbamates (subject to hydrolysis) is 1. The molecule has 5 rings (SSSR count). The summed E-state index contributed by atoms with van der Waals surface area (Å²) in [6, 6.07) is 2.83. The maximum Gasteiger partial charge on any atom is 0.408 e. The first-order valence-corrected chi connectivity index (χ1v) is 14.7. The second kappa shape index (κ2) is 12.1. The number of carboxylic acids is 1. The Morgan fingerprint density at radius 2 is 2.00 bits per heavy atom. The van der Waals surface area contributed by atoms with Crippen LogP contribution in [0.15, 0.2) is 36.5 Å². The Hall–Kier alpha value is -4.36. The fourth-order valence-electron chi connectivity index (χ4n) is 5.67. The molecule has 5 atom stereocenters. The summed E-state index contributed by atoms with van der Waals surface area (Å²) in [7, 11) is 0. The van der Waals surface area contributed by atoms with Gasteiger partial charge in [0, 0.05) is 25.1 Å². The van der Waals surface area contributed by atoms with Gasteiger partial charge in [-0.2, -0.15) is 4.80 Å². The number of pyridine rings is 1. The van der Waals surface area contributed by atoms with Crippen LogP contribution in [0.25, 0.3) is 11.5 Å². The second-order valence-electron chi connectivity index (χ2n) is 12.4. The van der Waals surface area contributed by atoms with Crippen molar-refractivity contribution in [3.8, 4) is 11.5 Å². The quantitative estimate of drug-likeness (QED) is 0.444. The van der Waals surface area contributed by atoms with Gasteiger partial charge in [0.2, 0.25) is 17.6 Å². The standard InChI is InChI=1S/C29H38N8O6/c1-28(2,3)43-27(42)31-21-13-8-6-4-5-7-11-18-16-29(18,26(40)41)32-24(38)22-15-19(17-36(22)25(21)39)37-34-23(33-35-37)20-12-9-10-14-30-20/h7,9-12,14,18-19,21-22H,4-6,8,13,15-17H2,1-3H3,(H,31,42)(H,32,38)(H,40,41)/b11-7-/t18-,19+,21+,22+,29+/m1/s1. The lowest BCUT2D eigenvalue weighted by Gasteiger charge is -2.30. The van der Waals surface area contributed by atoms with E-state index < -0.39 is 53.1 Å². The van der Waals surface area contributed by atoms with Crippen LogP contribution >= 0.6 is 0 Å². The minimum Gasteiger partial charge on any atom is -0.479 e. The van der Waals surface area contributed by atoms with Crippen molar-refractivity contribution >= 4 is 23.9 Å². The molecule has 4 heterocycles. The maximum atomic E-state index is 14.1. The Bertz CT molecular complexity index is 1390. The molecule has 3 aliphatic rings. The van der Waals surface area contributed by atoms with Gasteiger partial charge < -0.3 is 25.4 Å². The van der Waals surface area contributed by atoms with Crippen LogP contribution in [0, 0.1) is 5.92 Å². The summed E-state index contributed by atoms with van der Waals surface area (Å²) >= 11 is 0. The van der Waals surface area contributed by atoms with Crippen molar-refractivity contribution < 1.29 is 29.0 Å². The molecule has 2 aromatic rings. The average Bonchev–Trinajstić information content (AvgIpc) is 3.28. The molecule has 14 nitrogen and oxygen atoms in total. The van der Waals surface area contributed by atoms with Crippen LogP contribution in [-0.2, 0) is 19.1 Å². The number of tetrazole rings is 1. The molecule has 1 saturated heterocycles. The molecule has 0 spiro atoms. The van der Waals surface area contributed by atoms with E-state index in [9.17, 15) is 24.3 Å². The number of fused-ring (bicyclic) bond motifs is 2. The molecule has 2 aliphatic heterocycles. The topological polar surface area (TPSA) is 182 Å². The van der Waals surface area contributed by atoms with Crippen molar-refractivity contribution in [2.24, 2.45) is 5.92 Å². The largest absolute Gasteiger partial charge is 0.479 e. The van der Waals surface area contributed by atoms with E-state index in [1.54, 1.807) is 45.2 Å². The van der Waals surface area contributed by atoms with Crippen molar-refractivity contribution in [2.75, 3.05) is 6.54 Å². The van der Waals surface area contributed by atoms with Gasteiger partial charge in [-0.3, -0.25) is 14.6 Å². The zero-order chi connectivity index (χ0) is 30.8. The number of nitrogens with zero attached hydrogens (tertiary/aromatic N) is 6. The molecule has 230 valence electrons. The predicted octanol–water partition coefficient (Wildman–Crippen LogP) is 2.25. The van der Waals surface area contributed by atoms with Crippen molar-refractivity contribution in [3.63, 3.8) is 0 Å². The fraction of sp³-hybridized carbons (Fsp3) is 0.586. The first kappa shape index (κ1) is 30.1. The summed E-state index contributed by atoms with van der Waals surface area (Å²) in [5.74, 6) is -2.19. The Kier molecular flexibility index (Phi) is 8.47. The lowest BCUT2D eigenvalue weighted by Crippen LogP contribution is -2.56. The third kappa shape index (κ3) is 6.83. The number of rotatable bonds is 4. The van der Waals surface area contributed by atoms with E-state index in [1.807, 2.05) is 12.2 Å². The molecule has 2 aromatic heterocycles. The Morgan fingerprint density at radius 3 is 2.72 bits per heavy atom. The summed E-state index contributed by atoms with van der Waals surface area (Å²) in [6.45, 7) is 5.26. The normalized spacial score (nSPS) is 28.9. The highest BCUT2D eigenvalue weighted by atomic mass is 16.6. The number of aliphatic carboxylic acids is 1. The van der Waals surface area contributed by atoms with E-state index in [0.29, 0.717) is 24.4 Å². The molecule has 3 amide bonds. The third-order valence-electron chi connectivity index (χ3n) is 7.98. The number of nitrogens with one attached hydrogen (secondary N) is 2. The van der Waals surface area contributed by atoms with Gasteiger partial charge in [0.1, 0.15) is 28.9 Å². The van der Waals surface area contributed by atoms with Gasteiger partial charge in [-0.05, 0) is 63.8 Å². The van der Waals surface area contributed by atoms with Gasteiger partial charge in [-0.15, -0.1) is 10.2 Å². The summed E-state index contributed by atoms with van der Waals surface area (Å²) < 4.78 is 5.43. The smallest absolute Gasteiger partial charge is 0.408 e. The maximum absolute atomic E-state index is 14.1. The van der Waals surface area contributed by atoms with Gasteiger partial charge in [0.05, 0.1) is 6.04 Å². The van der Waals surface area contributed by atoms with Crippen LogP contribution in [0.2, 0.25) is 0 Å². The summed E-state index contributed by atoms with van der Waals surface area (Å²) in [4.78, 5) is 59.9. The highest BCUT2D eigenvalue weighted by Gasteiger charge is 2.61. The Labute approximate surface area is 249 Å². The first-order valence-electron chi connectivity index (χ1n) is 14.7. The van der Waals surface area contributed by atoms with Crippen LogP contribution < -0.4 is 10.6 Å². The van der Waals surface area contributed by atoms with E-state index in [0.717, 1.165) is 19.3 Å². The van der Waals surface area contributed by atoms with E-state index in [-0.39, 0.29) is 25.3 Å². The first-order chi connectivity index (χ1) is 20.5. The van der Waals surface area contributed by atoms with Crippen LogP contribution in [0.3, 0.4) is 0 Å². The summed E-state index contributed by atoms with van der Waals surface area (Å²) in [5.41, 5.74) is -1.67. The fourth-order valence-corrected chi connectivity index (χ4v) is 5.67. The van der Waals surface area contributed by atoms with E-state index in [4.69, 9.17) is 4.74 Å². The van der Waals surface area contributed by atoms with E-state index in [2.05, 4.69) is 31.0 Å². The Balaban J connectivity index is 1.44. The van der Waals surface area contributed by atoms with Crippen LogP contribution in [0.5, 0.6) is 0 Å². The van der Waals surface area contributed by atoms with Crippen molar-refractivity contribution in [1.29, 1.82) is 0 Å². The van der Waals surface area contributed by atoms with E-state index >= 15 is 0 Å². The van der Waals surface area contributed by atoms with Gasteiger partial charge in [0.15, 0.2) is 0 Å². The van der Waals surface area contributed by atoms with Crippen molar-refractivity contribution in [3.05, 3.63) is 36.5 Å². The van der Waals surface area contributed by atoms with Crippen molar-refractivity contribution in [1.82, 2.24) is 40.7 Å². The number of hydrogen-bond donors (Lipinski definition) is 3. The minimum absolute atomic E-state index is 0.0604. The van der Waals surface area contributed by atoms with Gasteiger partial charge in [0.25, 0.3) is 0 Å². The number of allylic oxidation sites excluding steroid dienone is 1. The van der Waals surface area contributed by atoms with Gasteiger partial charge in [-0.25, -0.2) is 9.59 Å². The predicted molar refractivity (Wildman–Crippen MR) is 152 cm³/mol. The van der Waals surface area contributed by atoms with Gasteiger partial charge in [-0.1, -0.05) is 31.1 Å². The number of carbonyl (C=O) groups excluding carboxylic acids is 3. The molecule has 0 unspecified atom stereocenters. The zero-order valence-corrected chi connectivity index (χ0v) is 24.6. The van der Waals surface area contributed by atoms with Gasteiger partial charge >= 0.3 is 12.1 Å². The second-order valence-corrected chi connectivity index (χ2v) is 12.4. The number of hydrogen-bond acceptors (Lipinski definition) is 9. The highest BCUT2D eigenvalue weighted by Crippen LogP contribution is 2.45. The monoisotopic (exact) mass is 594 g/mol. The minimum atomic E-state index is -1.42. The summed E-state index contributed by atoms with van der Waals surface area (Å²) in [5, 5.41) is 28.3. The van der Waals surface area contributed by atoms with Crippen molar-refractivity contribution in [2.45, 2.75) is 95.0 Å². The third-order valence-corrected chi connectivity index (χ3v) is 7.98. The number of ether oxygens (including phenoxy) is 1. The number of carbonyl (C=O) groups is 4. The Morgan fingerprint density at radius 1 is 1.19 bits per heavy atom. The molecule has 1 aliphatic carbocycles. The molecule has 0 radical (unpaired) electrons. The molecular weight excluding hydrogens is 556 g/mol. The summed E-state index contributed by atoms with van der Waals surface area (Å²) in [6.07, 6.45) is 8.51. The average molecular weight is 595 g/mol. The van der Waals surface area contributed by atoms with E-state index in [1.165, 1.54) is 9.70 Å².